The fourth-order valence-corrected chi connectivity index (χ4v) is 2.81. The monoisotopic (exact) mass is 375 g/mol. The van der Waals surface area contributed by atoms with E-state index in [0.29, 0.717) is 11.6 Å². The molecular formula is C18H21N3O4S. The molecule has 7 nitrogen and oxygen atoms in total. The molecule has 0 aliphatic rings. The van der Waals surface area contributed by atoms with Gasteiger partial charge >= 0.3 is 5.97 Å². The highest BCUT2D eigenvalue weighted by molar-refractivity contribution is 7.13. The number of benzene rings is 1. The third-order valence-corrected chi connectivity index (χ3v) is 4.33. The summed E-state index contributed by atoms with van der Waals surface area (Å²) in [6.45, 7) is 1.99. The quantitative estimate of drug-likeness (QED) is 0.713. The molecular weight excluding hydrogens is 354 g/mol. The van der Waals surface area contributed by atoms with Gasteiger partial charge in [0.25, 0.3) is 5.91 Å². The highest BCUT2D eigenvalue weighted by Gasteiger charge is 2.18. The predicted octanol–water partition coefficient (Wildman–Crippen LogP) is 1.95. The molecule has 0 bridgehead atoms. The maximum Gasteiger partial charge on any atom is 0.358 e. The van der Waals surface area contributed by atoms with Gasteiger partial charge in [-0.15, -0.1) is 11.3 Å². The normalized spacial score (nSPS) is 10.2. The Kier molecular flexibility index (Phi) is 7.28. The third kappa shape index (κ3) is 5.66. The minimum absolute atomic E-state index is 0.0781. The molecule has 1 aromatic carbocycles. The first kappa shape index (κ1) is 19.6. The van der Waals surface area contributed by atoms with Crippen LogP contribution < -0.4 is 5.32 Å². The van der Waals surface area contributed by atoms with Crippen molar-refractivity contribution in [2.45, 2.75) is 13.3 Å². The van der Waals surface area contributed by atoms with Crippen LogP contribution in [0.2, 0.25) is 0 Å². The van der Waals surface area contributed by atoms with Gasteiger partial charge in [-0.05, 0) is 6.42 Å². The van der Waals surface area contributed by atoms with Crippen molar-refractivity contribution in [1.82, 2.24) is 15.2 Å². The number of amides is 2. The van der Waals surface area contributed by atoms with E-state index in [1.54, 1.807) is 5.38 Å². The van der Waals surface area contributed by atoms with Crippen molar-refractivity contribution in [1.29, 1.82) is 0 Å². The zero-order chi connectivity index (χ0) is 18.9. The average Bonchev–Trinajstić information content (AvgIpc) is 3.15. The highest BCUT2D eigenvalue weighted by atomic mass is 32.1. The van der Waals surface area contributed by atoms with E-state index in [1.165, 1.54) is 23.3 Å². The molecule has 26 heavy (non-hydrogen) atoms. The van der Waals surface area contributed by atoms with Gasteiger partial charge in [-0.3, -0.25) is 9.59 Å². The molecule has 0 fully saturated rings. The Balaban J connectivity index is 1.83. The van der Waals surface area contributed by atoms with Crippen LogP contribution in [0.3, 0.4) is 0 Å². The zero-order valence-corrected chi connectivity index (χ0v) is 15.5. The van der Waals surface area contributed by atoms with Crippen molar-refractivity contribution in [3.8, 4) is 10.6 Å². The van der Waals surface area contributed by atoms with Gasteiger partial charge in [-0.2, -0.15) is 0 Å². The van der Waals surface area contributed by atoms with Gasteiger partial charge < -0.3 is 15.0 Å². The molecule has 0 aliphatic heterocycles. The van der Waals surface area contributed by atoms with E-state index in [2.05, 4.69) is 10.3 Å². The smallest absolute Gasteiger partial charge is 0.358 e. The fraction of sp³-hybridized carbons (Fsp3) is 0.333. The van der Waals surface area contributed by atoms with Crippen molar-refractivity contribution in [2.75, 3.05) is 26.7 Å². The first-order valence-electron chi connectivity index (χ1n) is 8.20. The maximum atomic E-state index is 12.1. The maximum absolute atomic E-state index is 12.1. The molecule has 2 rings (SSSR count). The molecule has 1 heterocycles. The van der Waals surface area contributed by atoms with E-state index in [-0.39, 0.29) is 18.1 Å². The van der Waals surface area contributed by atoms with Crippen LogP contribution in [-0.2, 0) is 14.3 Å². The molecule has 0 aliphatic carbocycles. The summed E-state index contributed by atoms with van der Waals surface area (Å²) in [5.74, 6) is -1.37. The molecule has 0 unspecified atom stereocenters. The largest absolute Gasteiger partial charge is 0.451 e. The van der Waals surface area contributed by atoms with Crippen molar-refractivity contribution >= 4 is 29.1 Å². The second-order valence-electron chi connectivity index (χ2n) is 5.58. The van der Waals surface area contributed by atoms with Gasteiger partial charge in [-0.25, -0.2) is 9.78 Å². The summed E-state index contributed by atoms with van der Waals surface area (Å²) in [6, 6.07) is 9.47. The molecule has 1 aromatic heterocycles. The van der Waals surface area contributed by atoms with Crippen molar-refractivity contribution in [2.24, 2.45) is 0 Å². The molecule has 0 spiro atoms. The number of aromatic nitrogens is 1. The van der Waals surface area contributed by atoms with Crippen LogP contribution in [0.15, 0.2) is 35.7 Å². The second-order valence-corrected chi connectivity index (χ2v) is 6.44. The SMILES string of the molecule is CCCNC(=O)CN(C)C(=O)COC(=O)c1csc(-c2ccccc2)n1. The first-order valence-corrected chi connectivity index (χ1v) is 9.08. The number of nitrogens with one attached hydrogen (secondary N) is 1. The first-order chi connectivity index (χ1) is 12.5. The highest BCUT2D eigenvalue weighted by Crippen LogP contribution is 2.23. The predicted molar refractivity (Wildman–Crippen MR) is 98.8 cm³/mol. The lowest BCUT2D eigenvalue weighted by molar-refractivity contribution is -0.137. The van der Waals surface area contributed by atoms with E-state index in [0.717, 1.165) is 12.0 Å². The van der Waals surface area contributed by atoms with Crippen LogP contribution in [0.5, 0.6) is 0 Å². The topological polar surface area (TPSA) is 88.6 Å². The number of hydrogen-bond acceptors (Lipinski definition) is 6. The minimum Gasteiger partial charge on any atom is -0.451 e. The van der Waals surface area contributed by atoms with Crippen LogP contribution in [0.1, 0.15) is 23.8 Å². The van der Waals surface area contributed by atoms with Crippen LogP contribution >= 0.6 is 11.3 Å². The Bertz CT molecular complexity index is 761. The Labute approximate surface area is 156 Å². The Hall–Kier alpha value is -2.74. The zero-order valence-electron chi connectivity index (χ0n) is 14.7. The van der Waals surface area contributed by atoms with Crippen LogP contribution in [-0.4, -0.2) is 54.4 Å². The Morgan fingerprint density at radius 1 is 1.23 bits per heavy atom. The Morgan fingerprint density at radius 3 is 2.65 bits per heavy atom. The lowest BCUT2D eigenvalue weighted by Crippen LogP contribution is -2.40. The summed E-state index contributed by atoms with van der Waals surface area (Å²) in [7, 11) is 1.48. The molecule has 1 N–H and O–H groups in total. The number of nitrogens with zero attached hydrogens (tertiary/aromatic N) is 2. The van der Waals surface area contributed by atoms with E-state index < -0.39 is 18.5 Å². The summed E-state index contributed by atoms with van der Waals surface area (Å²) in [4.78, 5) is 41.1. The lowest BCUT2D eigenvalue weighted by atomic mass is 10.2. The van der Waals surface area contributed by atoms with Gasteiger partial charge in [0.2, 0.25) is 5.91 Å². The fourth-order valence-electron chi connectivity index (χ4n) is 2.02. The number of thiazole rings is 1. The van der Waals surface area contributed by atoms with Gasteiger partial charge in [0, 0.05) is 24.5 Å². The van der Waals surface area contributed by atoms with Gasteiger partial charge in [0.1, 0.15) is 5.01 Å². The minimum atomic E-state index is -0.666. The number of esters is 1. The van der Waals surface area contributed by atoms with Gasteiger partial charge in [0.05, 0.1) is 6.54 Å². The summed E-state index contributed by atoms with van der Waals surface area (Å²) in [6.07, 6.45) is 0.819. The van der Waals surface area contributed by atoms with Crippen molar-refractivity contribution < 1.29 is 19.1 Å². The molecule has 138 valence electrons. The Morgan fingerprint density at radius 2 is 1.96 bits per heavy atom. The van der Waals surface area contributed by atoms with Gasteiger partial charge in [-0.1, -0.05) is 37.3 Å². The second kappa shape index (κ2) is 9.67. The van der Waals surface area contributed by atoms with E-state index >= 15 is 0 Å². The summed E-state index contributed by atoms with van der Waals surface area (Å²) in [5, 5.41) is 4.97. The number of hydrogen-bond donors (Lipinski definition) is 1. The van der Waals surface area contributed by atoms with Gasteiger partial charge in [0.15, 0.2) is 12.3 Å². The number of rotatable bonds is 8. The molecule has 8 heteroatoms. The third-order valence-electron chi connectivity index (χ3n) is 3.44. The molecule has 2 amide bonds. The average molecular weight is 375 g/mol. The summed E-state index contributed by atoms with van der Waals surface area (Å²) in [5.41, 5.74) is 1.07. The standard InChI is InChI=1S/C18H21N3O4S/c1-3-9-19-15(22)10-21(2)16(23)11-25-18(24)14-12-26-17(20-14)13-7-5-4-6-8-13/h4-8,12H,3,9-11H2,1-2H3,(H,19,22). The van der Waals surface area contributed by atoms with E-state index in [9.17, 15) is 14.4 Å². The number of carbonyl (C=O) groups is 3. The molecule has 0 radical (unpaired) electrons. The van der Waals surface area contributed by atoms with E-state index in [4.69, 9.17) is 4.74 Å². The number of carbonyl (C=O) groups excluding carboxylic acids is 3. The molecule has 2 aromatic rings. The number of likely N-dealkylation sites (N-methyl/N-ethyl adjacent to an activating group) is 1. The molecule has 0 saturated heterocycles. The summed E-state index contributed by atoms with van der Waals surface area (Å²) >= 11 is 1.33. The van der Waals surface area contributed by atoms with Crippen LogP contribution in [0.4, 0.5) is 0 Å². The van der Waals surface area contributed by atoms with Crippen LogP contribution in [0.25, 0.3) is 10.6 Å². The van der Waals surface area contributed by atoms with Crippen molar-refractivity contribution in [3.63, 3.8) is 0 Å². The van der Waals surface area contributed by atoms with Crippen molar-refractivity contribution in [3.05, 3.63) is 41.4 Å². The van der Waals surface area contributed by atoms with E-state index in [1.807, 2.05) is 37.3 Å². The molecule has 0 saturated carbocycles. The van der Waals surface area contributed by atoms with Crippen LogP contribution in [0, 0.1) is 0 Å². The molecule has 0 atom stereocenters. The summed E-state index contributed by atoms with van der Waals surface area (Å²) < 4.78 is 5.01. The lowest BCUT2D eigenvalue weighted by Gasteiger charge is -2.16. The number of ether oxygens (including phenoxy) is 1.